The number of methoxy groups -OCH3 is 2. The van der Waals surface area contributed by atoms with Crippen LogP contribution in [0.15, 0.2) is 41.5 Å². The molecule has 1 heterocycles. The summed E-state index contributed by atoms with van der Waals surface area (Å²) < 4.78 is 16.1. The first kappa shape index (κ1) is 21.1. The number of ether oxygens (including phenoxy) is 3. The highest BCUT2D eigenvalue weighted by atomic mass is 127. The predicted molar refractivity (Wildman–Crippen MR) is 116 cm³/mol. The number of guanidine groups is 1. The van der Waals surface area contributed by atoms with Crippen molar-refractivity contribution in [3.8, 4) is 17.4 Å². The maximum absolute atomic E-state index is 5.96. The van der Waals surface area contributed by atoms with Crippen LogP contribution in [0.4, 0.5) is 5.69 Å². The molecule has 0 radical (unpaired) electrons. The molecule has 0 amide bonds. The summed E-state index contributed by atoms with van der Waals surface area (Å²) in [4.78, 5) is 8.63. The van der Waals surface area contributed by atoms with Crippen molar-refractivity contribution in [2.24, 2.45) is 16.6 Å². The average molecular weight is 484 g/mol. The molecular formula is C19H25IN4O3. The van der Waals surface area contributed by atoms with Gasteiger partial charge in [0.2, 0.25) is 5.88 Å². The summed E-state index contributed by atoms with van der Waals surface area (Å²) in [6.07, 6.45) is 4.29. The number of aromatic nitrogens is 1. The molecule has 1 aliphatic rings. The zero-order valence-electron chi connectivity index (χ0n) is 15.5. The second kappa shape index (κ2) is 10.2. The van der Waals surface area contributed by atoms with E-state index in [1.165, 1.54) is 12.8 Å². The van der Waals surface area contributed by atoms with Crippen LogP contribution in [0.25, 0.3) is 0 Å². The van der Waals surface area contributed by atoms with Crippen LogP contribution in [0.5, 0.6) is 17.4 Å². The molecular weight excluding hydrogens is 459 g/mol. The summed E-state index contributed by atoms with van der Waals surface area (Å²) in [5.41, 5.74) is 7.68. The summed E-state index contributed by atoms with van der Waals surface area (Å²) in [7, 11) is 3.18. The quantitative estimate of drug-likeness (QED) is 0.339. The zero-order valence-corrected chi connectivity index (χ0v) is 17.8. The minimum absolute atomic E-state index is 0. The van der Waals surface area contributed by atoms with E-state index in [0.29, 0.717) is 35.8 Å². The van der Waals surface area contributed by atoms with Gasteiger partial charge < -0.3 is 25.3 Å². The smallest absolute Gasteiger partial charge is 0.213 e. The van der Waals surface area contributed by atoms with Gasteiger partial charge in [0.25, 0.3) is 0 Å². The number of hydrogen-bond acceptors (Lipinski definition) is 5. The molecule has 3 rings (SSSR count). The summed E-state index contributed by atoms with van der Waals surface area (Å²) in [6.45, 7) is 1.19. The second-order valence-electron chi connectivity index (χ2n) is 6.16. The SMILES string of the molecule is COc1ccc(NC(N)=NCc2ccc(OCC3CC3)nc2)cc1OC.I. The molecule has 0 aliphatic heterocycles. The van der Waals surface area contributed by atoms with E-state index in [-0.39, 0.29) is 24.0 Å². The first-order chi connectivity index (χ1) is 12.7. The lowest BCUT2D eigenvalue weighted by Gasteiger charge is -2.11. The van der Waals surface area contributed by atoms with Crippen molar-refractivity contribution in [1.29, 1.82) is 0 Å². The molecule has 146 valence electrons. The first-order valence-electron chi connectivity index (χ1n) is 8.54. The third kappa shape index (κ3) is 6.46. The number of halogens is 1. The van der Waals surface area contributed by atoms with Gasteiger partial charge in [-0.2, -0.15) is 0 Å². The second-order valence-corrected chi connectivity index (χ2v) is 6.16. The zero-order chi connectivity index (χ0) is 18.4. The number of rotatable bonds is 8. The largest absolute Gasteiger partial charge is 0.493 e. The fourth-order valence-electron chi connectivity index (χ4n) is 2.36. The van der Waals surface area contributed by atoms with Crippen molar-refractivity contribution in [2.45, 2.75) is 19.4 Å². The number of benzene rings is 1. The molecule has 1 aromatic carbocycles. The Balaban J connectivity index is 0.00000261. The van der Waals surface area contributed by atoms with Crippen molar-refractivity contribution in [3.63, 3.8) is 0 Å². The van der Waals surface area contributed by atoms with E-state index in [1.54, 1.807) is 32.5 Å². The maximum atomic E-state index is 5.96. The fraction of sp³-hybridized carbons (Fsp3) is 0.368. The van der Waals surface area contributed by atoms with Crippen LogP contribution < -0.4 is 25.3 Å². The highest BCUT2D eigenvalue weighted by Crippen LogP contribution is 2.30. The average Bonchev–Trinajstić information content (AvgIpc) is 3.50. The molecule has 8 heteroatoms. The lowest BCUT2D eigenvalue weighted by Crippen LogP contribution is -2.22. The Kier molecular flexibility index (Phi) is 7.96. The third-order valence-electron chi connectivity index (χ3n) is 4.05. The van der Waals surface area contributed by atoms with Gasteiger partial charge in [0.15, 0.2) is 17.5 Å². The Morgan fingerprint density at radius 3 is 2.59 bits per heavy atom. The molecule has 3 N–H and O–H groups in total. The molecule has 1 aliphatic carbocycles. The standard InChI is InChI=1S/C19H24N4O3.HI/c1-24-16-7-6-15(9-17(16)25-2)23-19(20)22-11-14-5-8-18(21-10-14)26-12-13-3-4-13;/h5-10,13H,3-4,11-12H2,1-2H3,(H3,20,22,23);1H. The third-order valence-corrected chi connectivity index (χ3v) is 4.05. The van der Waals surface area contributed by atoms with E-state index in [2.05, 4.69) is 15.3 Å². The van der Waals surface area contributed by atoms with Gasteiger partial charge in [0, 0.05) is 24.0 Å². The van der Waals surface area contributed by atoms with Crippen molar-refractivity contribution < 1.29 is 14.2 Å². The molecule has 2 aromatic rings. The highest BCUT2D eigenvalue weighted by molar-refractivity contribution is 14.0. The summed E-state index contributed by atoms with van der Waals surface area (Å²) >= 11 is 0. The van der Waals surface area contributed by atoms with Crippen LogP contribution in [0.1, 0.15) is 18.4 Å². The lowest BCUT2D eigenvalue weighted by atomic mass is 10.2. The van der Waals surface area contributed by atoms with Crippen LogP contribution in [0.2, 0.25) is 0 Å². The number of nitrogens with zero attached hydrogens (tertiary/aromatic N) is 2. The Morgan fingerprint density at radius 1 is 1.19 bits per heavy atom. The molecule has 1 fully saturated rings. The van der Waals surface area contributed by atoms with Crippen molar-refractivity contribution in [3.05, 3.63) is 42.1 Å². The van der Waals surface area contributed by atoms with Crippen molar-refractivity contribution in [1.82, 2.24) is 4.98 Å². The first-order valence-corrected chi connectivity index (χ1v) is 8.54. The maximum Gasteiger partial charge on any atom is 0.213 e. The van der Waals surface area contributed by atoms with E-state index < -0.39 is 0 Å². The predicted octanol–water partition coefficient (Wildman–Crippen LogP) is 3.43. The summed E-state index contributed by atoms with van der Waals surface area (Å²) in [6, 6.07) is 9.26. The van der Waals surface area contributed by atoms with Gasteiger partial charge in [0.05, 0.1) is 27.4 Å². The Morgan fingerprint density at radius 2 is 1.96 bits per heavy atom. The molecule has 0 bridgehead atoms. The fourth-order valence-corrected chi connectivity index (χ4v) is 2.36. The van der Waals surface area contributed by atoms with Crippen molar-refractivity contribution >= 4 is 35.6 Å². The van der Waals surface area contributed by atoms with Gasteiger partial charge in [-0.25, -0.2) is 9.98 Å². The normalized spacial score (nSPS) is 13.5. The van der Waals surface area contributed by atoms with Gasteiger partial charge in [-0.15, -0.1) is 24.0 Å². The minimum Gasteiger partial charge on any atom is -0.493 e. The molecule has 27 heavy (non-hydrogen) atoms. The molecule has 1 aromatic heterocycles. The van der Waals surface area contributed by atoms with Gasteiger partial charge in [-0.3, -0.25) is 0 Å². The molecule has 0 atom stereocenters. The van der Waals surface area contributed by atoms with Crippen LogP contribution >= 0.6 is 24.0 Å². The van der Waals surface area contributed by atoms with E-state index in [9.17, 15) is 0 Å². The van der Waals surface area contributed by atoms with E-state index in [4.69, 9.17) is 19.9 Å². The summed E-state index contributed by atoms with van der Waals surface area (Å²) in [5, 5.41) is 3.04. The van der Waals surface area contributed by atoms with Crippen molar-refractivity contribution in [2.75, 3.05) is 26.1 Å². The van der Waals surface area contributed by atoms with Crippen LogP contribution in [-0.4, -0.2) is 31.8 Å². The number of pyridine rings is 1. The van der Waals surface area contributed by atoms with Gasteiger partial charge in [-0.05, 0) is 36.5 Å². The molecule has 7 nitrogen and oxygen atoms in total. The van der Waals surface area contributed by atoms with Gasteiger partial charge in [-0.1, -0.05) is 6.07 Å². The Bertz CT molecular complexity index is 764. The number of aliphatic imine (C=N–C) groups is 1. The molecule has 0 saturated heterocycles. The number of nitrogens with one attached hydrogen (secondary N) is 1. The van der Waals surface area contributed by atoms with E-state index >= 15 is 0 Å². The van der Waals surface area contributed by atoms with Gasteiger partial charge in [0.1, 0.15) is 0 Å². The Labute approximate surface area is 176 Å². The highest BCUT2D eigenvalue weighted by Gasteiger charge is 2.21. The molecule has 1 saturated carbocycles. The van der Waals surface area contributed by atoms with Crippen LogP contribution in [0, 0.1) is 5.92 Å². The monoisotopic (exact) mass is 484 g/mol. The minimum atomic E-state index is 0. The molecule has 0 spiro atoms. The number of hydrogen-bond donors (Lipinski definition) is 2. The van der Waals surface area contributed by atoms with E-state index in [1.807, 2.05) is 18.2 Å². The molecule has 0 unspecified atom stereocenters. The number of anilines is 1. The van der Waals surface area contributed by atoms with E-state index in [0.717, 1.165) is 17.9 Å². The van der Waals surface area contributed by atoms with Gasteiger partial charge >= 0.3 is 0 Å². The number of nitrogens with two attached hydrogens (primary N) is 1. The lowest BCUT2D eigenvalue weighted by molar-refractivity contribution is 0.288. The topological polar surface area (TPSA) is 91.0 Å². The van der Waals surface area contributed by atoms with Crippen LogP contribution in [0.3, 0.4) is 0 Å². The van der Waals surface area contributed by atoms with Crippen LogP contribution in [-0.2, 0) is 6.54 Å². The summed E-state index contributed by atoms with van der Waals surface area (Å²) in [5.74, 6) is 2.95. The Hall–Kier alpha value is -2.23.